The molecule has 0 saturated carbocycles. The summed E-state index contributed by atoms with van der Waals surface area (Å²) in [5.41, 5.74) is 5.83. The Morgan fingerprint density at radius 2 is 0.894 bits per heavy atom. The van der Waals surface area contributed by atoms with Gasteiger partial charge in [-0.3, -0.25) is 44.2 Å². The third-order valence-electron chi connectivity index (χ3n) is 13.9. The summed E-state index contributed by atoms with van der Waals surface area (Å²) in [5, 5.41) is 34.7. The van der Waals surface area contributed by atoms with Crippen molar-refractivity contribution in [1.29, 1.82) is 0 Å². The van der Waals surface area contributed by atoms with Gasteiger partial charge in [0.2, 0.25) is 17.1 Å². The number of aryl methyl sites for hydroxylation is 2. The number of anilines is 2. The number of H-pyrrole nitrogens is 2. The summed E-state index contributed by atoms with van der Waals surface area (Å²) < 4.78 is 114. The molecule has 113 heavy (non-hydrogen) atoms. The summed E-state index contributed by atoms with van der Waals surface area (Å²) in [6.45, 7) is 12.3. The average Bonchev–Trinajstić information content (AvgIpc) is 0.926. The van der Waals surface area contributed by atoms with Crippen molar-refractivity contribution < 1.29 is 103 Å². The molecule has 0 aliphatic carbocycles. The second-order valence-electron chi connectivity index (χ2n) is 21.9. The number of aromatic amines is 2. The molecule has 0 spiro atoms. The third kappa shape index (κ3) is 24.8. The Kier molecular flexibility index (Phi) is 31.9. The summed E-state index contributed by atoms with van der Waals surface area (Å²) >= 11 is 5.79. The number of nitrogens with zero attached hydrogens (tertiary/aromatic N) is 10. The second kappa shape index (κ2) is 41.2. The molecule has 0 saturated heterocycles. The molecule has 12 rings (SSSR count). The monoisotopic (exact) mass is 1590 g/mol. The normalized spacial score (nSPS) is 10.3. The minimum Gasteiger partial charge on any atom is -0.617 e. The van der Waals surface area contributed by atoms with Crippen LogP contribution in [0.3, 0.4) is 0 Å². The van der Waals surface area contributed by atoms with Gasteiger partial charge in [-0.05, 0) is 121 Å². The van der Waals surface area contributed by atoms with Gasteiger partial charge in [0.05, 0.1) is 98.4 Å². The van der Waals surface area contributed by atoms with Crippen molar-refractivity contribution in [3.05, 3.63) is 259 Å². The van der Waals surface area contributed by atoms with E-state index in [-0.39, 0.29) is 105 Å². The highest BCUT2D eigenvalue weighted by Crippen LogP contribution is 2.26. The highest BCUT2D eigenvalue weighted by Gasteiger charge is 2.27. The number of benzene rings is 7. The molecule has 5 N–H and O–H groups in total. The molecule has 0 unspecified atom stereocenters. The largest absolute Gasteiger partial charge is 0.617 e. The van der Waals surface area contributed by atoms with Crippen LogP contribution in [0.2, 0.25) is 5.15 Å². The Hall–Kier alpha value is -14.5. The maximum atomic E-state index is 13.0. The van der Waals surface area contributed by atoms with Crippen molar-refractivity contribution in [2.24, 2.45) is 0 Å². The number of aromatic nitrogens is 10. The molecule has 12 aromatic rings. The number of nitrogens with two attached hydrogens (primary N) is 1. The molecule has 5 aromatic heterocycles. The first-order chi connectivity index (χ1) is 53.6. The van der Waals surface area contributed by atoms with E-state index in [0.29, 0.717) is 62.0 Å². The molecular formula is C72H60ClF7N14O19. The SMILES string of the molecule is CCOC(=O)CC(=O)Nc1cc(F)ccc1[N+](=O)[O-].CCOC(=O)c1c(=O)[nH]c2cc(F)ccc2[n+]1[O-].CCOC(=O)c1nc2ccc(F)cc2[nH]c1=O.CCOC(=O)c1nc2ccc(F)cc2nc1C.CCOC(=O)c1nc2ccc(F)cc2nc1Cl.Cc1nc2cc(F)ccc2nc1C=O.Nc1cc(F)ccc1[N+](=O)[O-]. The van der Waals surface area contributed by atoms with Crippen LogP contribution in [-0.2, 0) is 33.3 Å². The molecule has 41 heteroatoms. The smallest absolute Gasteiger partial charge is 0.411 e. The van der Waals surface area contributed by atoms with E-state index in [4.69, 9.17) is 26.8 Å². The number of hydrogen-bond acceptors (Lipinski definition) is 27. The van der Waals surface area contributed by atoms with E-state index in [1.165, 1.54) is 72.8 Å². The third-order valence-corrected chi connectivity index (χ3v) is 14.2. The number of rotatable bonds is 15. The average molecular weight is 1590 g/mol. The number of halogens is 8. The number of carbonyl (C=O) groups is 7. The first-order valence-electron chi connectivity index (χ1n) is 32.5. The molecule has 0 atom stereocenters. The van der Waals surface area contributed by atoms with Gasteiger partial charge in [0.25, 0.3) is 16.9 Å². The number of fused-ring (bicyclic) bond motifs is 5. The molecular weight excluding hydrogens is 1530 g/mol. The van der Waals surface area contributed by atoms with Gasteiger partial charge in [0, 0.05) is 54.6 Å². The summed E-state index contributed by atoms with van der Waals surface area (Å²) in [5.74, 6) is -8.11. The van der Waals surface area contributed by atoms with Crippen molar-refractivity contribution in [2.75, 3.05) is 44.1 Å². The number of hydrogen-bond donors (Lipinski definition) is 4. The minimum atomic E-state index is -1.01. The fraction of sp³-hybridized carbons (Fsp3) is 0.181. The second-order valence-corrected chi connectivity index (χ2v) is 22.2. The predicted molar refractivity (Wildman–Crippen MR) is 388 cm³/mol. The Bertz CT molecular complexity index is 5650. The topological polar surface area (TPSA) is 473 Å². The van der Waals surface area contributed by atoms with Gasteiger partial charge in [0.1, 0.15) is 69.7 Å². The fourth-order valence-corrected chi connectivity index (χ4v) is 9.24. The molecule has 7 aromatic carbocycles. The van der Waals surface area contributed by atoms with Gasteiger partial charge in [0.15, 0.2) is 22.8 Å². The number of aldehydes is 1. The fourth-order valence-electron chi connectivity index (χ4n) is 9.03. The van der Waals surface area contributed by atoms with Crippen molar-refractivity contribution in [1.82, 2.24) is 44.9 Å². The van der Waals surface area contributed by atoms with E-state index in [1.54, 1.807) is 48.5 Å². The zero-order valence-corrected chi connectivity index (χ0v) is 60.5. The number of nitro benzene ring substituents is 2. The van der Waals surface area contributed by atoms with E-state index in [1.807, 2.05) is 0 Å². The van der Waals surface area contributed by atoms with Gasteiger partial charge in [-0.25, -0.2) is 84.8 Å². The van der Waals surface area contributed by atoms with Crippen LogP contribution >= 0.6 is 11.6 Å². The number of nitro groups is 2. The molecule has 588 valence electrons. The van der Waals surface area contributed by atoms with Gasteiger partial charge < -0.3 is 49.9 Å². The zero-order chi connectivity index (χ0) is 83.5. The first kappa shape index (κ1) is 87.4. The number of carbonyl (C=O) groups excluding carboxylic acids is 7. The Morgan fingerprint density at radius 1 is 0.487 bits per heavy atom. The molecule has 33 nitrogen and oxygen atoms in total. The van der Waals surface area contributed by atoms with Crippen LogP contribution in [0.1, 0.15) is 105 Å². The van der Waals surface area contributed by atoms with Crippen LogP contribution in [0.25, 0.3) is 55.2 Å². The molecule has 0 radical (unpaired) electrons. The summed E-state index contributed by atoms with van der Waals surface area (Å²) in [6, 6.07) is 24.5. The van der Waals surface area contributed by atoms with Gasteiger partial charge in [-0.15, -0.1) is 0 Å². The van der Waals surface area contributed by atoms with Crippen LogP contribution in [-0.4, -0.2) is 130 Å². The lowest BCUT2D eigenvalue weighted by atomic mass is 10.2. The number of nitrogens with one attached hydrogen (secondary N) is 3. The maximum absolute atomic E-state index is 13.0. The summed E-state index contributed by atoms with van der Waals surface area (Å²) in [4.78, 5) is 154. The van der Waals surface area contributed by atoms with E-state index >= 15 is 0 Å². The lowest BCUT2D eigenvalue weighted by Gasteiger charge is -2.06. The molecule has 0 aliphatic rings. The van der Waals surface area contributed by atoms with Crippen molar-refractivity contribution >= 4 is 132 Å². The number of ether oxygens (including phenoxy) is 5. The van der Waals surface area contributed by atoms with E-state index in [9.17, 15) is 99.3 Å². The maximum Gasteiger partial charge on any atom is 0.411 e. The predicted octanol–water partition coefficient (Wildman–Crippen LogP) is 11.4. The highest BCUT2D eigenvalue weighted by atomic mass is 35.5. The highest BCUT2D eigenvalue weighted by molar-refractivity contribution is 6.32. The standard InChI is InChI=1S/C12H11FN2O2.C11H8ClFN2O2.C11H11FN2O5.C11H9FN2O4.C11H9FN2O3.C10H7FN2O.C6H5FN2O2/c1-3-17-12(16)11-7(2)14-10-6-8(13)4-5-9(10)15-11;1-2-17-11(16)9-10(12)15-8-5-6(13)3-4-7(8)14-9;1-2-19-11(16)6-10(15)13-8-5-7(12)3-4-9(8)14(17)18;1-2-18-11(16)9-10(15)13-7-5-6(12)3-4-8(7)14(9)17;1-2-17-11(16)9-10(15)14-8-5-6(12)3-4-7(8)13-9;1-6-10(5-14)13-8-3-2-7(11)4-9(8)12-6;7-4-1-2-6(9(10)11)5(8)3-4/h4-6H,3H2,1-2H3;3-5H,2H2,1H3;3-5H,2,6H2,1H3,(H,13,15);3-5H,2H2,1H3,(H,13,15);3-5H,2H2,1H3,(H,14,15);2-5H,1H3;1-3H,8H2. The molecule has 1 amide bonds. The Balaban J connectivity index is 0.000000206. The van der Waals surface area contributed by atoms with E-state index in [2.05, 4.69) is 64.4 Å². The summed E-state index contributed by atoms with van der Waals surface area (Å²) in [6.07, 6.45) is 0.0483. The van der Waals surface area contributed by atoms with E-state index in [0.717, 1.165) is 54.6 Å². The van der Waals surface area contributed by atoms with Crippen molar-refractivity contribution in [2.45, 2.75) is 54.9 Å². The number of amides is 1. The van der Waals surface area contributed by atoms with Crippen molar-refractivity contribution in [3.63, 3.8) is 0 Å². The van der Waals surface area contributed by atoms with Crippen LogP contribution in [0, 0.1) is 80.0 Å². The van der Waals surface area contributed by atoms with Crippen LogP contribution in [0.5, 0.6) is 0 Å². The van der Waals surface area contributed by atoms with Gasteiger partial charge in [-0.2, -0.15) is 4.73 Å². The number of nitrogen functional groups attached to an aromatic ring is 1. The van der Waals surface area contributed by atoms with Gasteiger partial charge >= 0.3 is 41.1 Å². The minimum absolute atomic E-state index is 0.0148. The summed E-state index contributed by atoms with van der Waals surface area (Å²) in [7, 11) is 0. The molecule has 0 bridgehead atoms. The molecule has 0 fully saturated rings. The number of esters is 5. The van der Waals surface area contributed by atoms with Crippen LogP contribution < -0.4 is 26.9 Å². The zero-order valence-electron chi connectivity index (χ0n) is 59.8. The first-order valence-corrected chi connectivity index (χ1v) is 32.9. The molecule has 5 heterocycles. The van der Waals surface area contributed by atoms with Crippen molar-refractivity contribution in [3.8, 4) is 0 Å². The quantitative estimate of drug-likeness (QED) is 0.00707. The Labute approximate surface area is 634 Å². The lowest BCUT2D eigenvalue weighted by Crippen LogP contribution is -2.43. The van der Waals surface area contributed by atoms with Crippen LogP contribution in [0.4, 0.5) is 53.5 Å². The Morgan fingerprint density at radius 3 is 1.42 bits per heavy atom. The lowest BCUT2D eigenvalue weighted by molar-refractivity contribution is -0.581. The molecule has 0 aliphatic heterocycles. The van der Waals surface area contributed by atoms with E-state index < -0.39 is 104 Å². The van der Waals surface area contributed by atoms with Crippen LogP contribution in [0.15, 0.2) is 137 Å². The van der Waals surface area contributed by atoms with Gasteiger partial charge in [-0.1, -0.05) is 11.6 Å².